The van der Waals surface area contributed by atoms with Gasteiger partial charge in [-0.1, -0.05) is 18.3 Å². The molecule has 128 valence electrons. The zero-order chi connectivity index (χ0) is 17.7. The summed E-state index contributed by atoms with van der Waals surface area (Å²) in [5.41, 5.74) is 9.52. The van der Waals surface area contributed by atoms with Gasteiger partial charge in [-0.05, 0) is 34.5 Å². The lowest BCUT2D eigenvalue weighted by Crippen LogP contribution is -2.17. The summed E-state index contributed by atoms with van der Waals surface area (Å²) in [6, 6.07) is 3.55. The molecule has 2 rings (SSSR count). The number of nitrogen functional groups attached to an aromatic ring is 1. The van der Waals surface area contributed by atoms with Crippen LogP contribution in [0.1, 0.15) is 27.9 Å². The highest BCUT2D eigenvalue weighted by Crippen LogP contribution is 2.36. The van der Waals surface area contributed by atoms with Crippen molar-refractivity contribution < 1.29 is 14.3 Å². The summed E-state index contributed by atoms with van der Waals surface area (Å²) in [6.07, 6.45) is 2.14. The maximum Gasteiger partial charge on any atom is 0.283 e. The fraction of sp³-hybridized carbons (Fsp3) is 0.267. The third kappa shape index (κ3) is 3.85. The molecule has 1 amide bonds. The highest BCUT2D eigenvalue weighted by atomic mass is 79.9. The zero-order valence-corrected chi connectivity index (χ0v) is 15.8. The standard InChI is InChI=1S/C15H17BrN4O3S/c1-4-9-13(24-15(17)19-9)14(21)20-18-7-8-5-6-10(22-2)12(23-3)11(8)16/h5-7H,4H2,1-3H3,(H2,17,19)(H,20,21)/b18-7-. The van der Waals surface area contributed by atoms with Crippen molar-refractivity contribution in [3.63, 3.8) is 0 Å². The van der Waals surface area contributed by atoms with Crippen LogP contribution in [-0.2, 0) is 6.42 Å². The van der Waals surface area contributed by atoms with E-state index in [0.29, 0.717) is 38.1 Å². The van der Waals surface area contributed by atoms with E-state index in [-0.39, 0.29) is 5.91 Å². The van der Waals surface area contributed by atoms with Crippen LogP contribution in [0.2, 0.25) is 0 Å². The van der Waals surface area contributed by atoms with E-state index in [4.69, 9.17) is 15.2 Å². The summed E-state index contributed by atoms with van der Waals surface area (Å²) >= 11 is 4.58. The maximum atomic E-state index is 12.2. The van der Waals surface area contributed by atoms with Gasteiger partial charge in [0, 0.05) is 5.56 Å². The molecule has 0 aliphatic rings. The summed E-state index contributed by atoms with van der Waals surface area (Å²) < 4.78 is 11.2. The molecule has 0 saturated carbocycles. The zero-order valence-electron chi connectivity index (χ0n) is 13.4. The molecule has 0 aliphatic carbocycles. The average Bonchev–Trinajstić information content (AvgIpc) is 2.96. The molecule has 0 unspecified atom stereocenters. The molecule has 24 heavy (non-hydrogen) atoms. The Hall–Kier alpha value is -2.13. The van der Waals surface area contributed by atoms with Crippen LogP contribution in [0.25, 0.3) is 0 Å². The SMILES string of the molecule is CCc1nc(N)sc1C(=O)N/N=C\c1ccc(OC)c(OC)c1Br. The number of amides is 1. The van der Waals surface area contributed by atoms with Gasteiger partial charge in [-0.3, -0.25) is 4.79 Å². The number of rotatable bonds is 6. The molecule has 0 fully saturated rings. The Kier molecular flexibility index (Phi) is 6.16. The van der Waals surface area contributed by atoms with Gasteiger partial charge in [0.1, 0.15) is 4.88 Å². The number of methoxy groups -OCH3 is 2. The van der Waals surface area contributed by atoms with E-state index in [1.165, 1.54) is 6.21 Å². The third-order valence-corrected chi connectivity index (χ3v) is 4.88. The van der Waals surface area contributed by atoms with Crippen LogP contribution < -0.4 is 20.6 Å². The number of thiazole rings is 1. The number of nitrogens with two attached hydrogens (primary N) is 1. The number of hydrogen-bond donors (Lipinski definition) is 2. The number of ether oxygens (including phenoxy) is 2. The quantitative estimate of drug-likeness (QED) is 0.561. The minimum atomic E-state index is -0.339. The van der Waals surface area contributed by atoms with Crippen molar-refractivity contribution in [1.29, 1.82) is 0 Å². The Morgan fingerprint density at radius 2 is 2.21 bits per heavy atom. The fourth-order valence-corrected chi connectivity index (χ4v) is 3.41. The smallest absolute Gasteiger partial charge is 0.283 e. The second-order valence-electron chi connectivity index (χ2n) is 4.58. The minimum absolute atomic E-state index is 0.339. The average molecular weight is 413 g/mol. The number of carbonyl (C=O) groups excluding carboxylic acids is 1. The lowest BCUT2D eigenvalue weighted by atomic mass is 10.2. The van der Waals surface area contributed by atoms with Crippen LogP contribution >= 0.6 is 27.3 Å². The summed E-state index contributed by atoms with van der Waals surface area (Å²) in [6.45, 7) is 1.91. The van der Waals surface area contributed by atoms with Gasteiger partial charge in [0.25, 0.3) is 5.91 Å². The molecule has 1 aromatic carbocycles. The molecular formula is C15H17BrN4O3S. The van der Waals surface area contributed by atoms with Gasteiger partial charge in [0.05, 0.1) is 30.6 Å². The van der Waals surface area contributed by atoms with Gasteiger partial charge in [-0.2, -0.15) is 5.10 Å². The van der Waals surface area contributed by atoms with Crippen LogP contribution in [0, 0.1) is 0 Å². The van der Waals surface area contributed by atoms with E-state index in [2.05, 4.69) is 31.4 Å². The topological polar surface area (TPSA) is 98.8 Å². The number of aryl methyl sites for hydroxylation is 1. The van der Waals surface area contributed by atoms with Crippen LogP contribution in [-0.4, -0.2) is 31.3 Å². The van der Waals surface area contributed by atoms with Crippen molar-refractivity contribution >= 4 is 44.5 Å². The van der Waals surface area contributed by atoms with Crippen molar-refractivity contribution in [2.45, 2.75) is 13.3 Å². The highest BCUT2D eigenvalue weighted by molar-refractivity contribution is 9.10. The van der Waals surface area contributed by atoms with E-state index in [1.807, 2.05) is 6.92 Å². The number of hydrogen-bond acceptors (Lipinski definition) is 7. The van der Waals surface area contributed by atoms with E-state index in [0.717, 1.165) is 16.9 Å². The number of nitrogens with zero attached hydrogens (tertiary/aromatic N) is 2. The van der Waals surface area contributed by atoms with Crippen LogP contribution in [0.5, 0.6) is 11.5 Å². The van der Waals surface area contributed by atoms with Crippen molar-refractivity contribution in [2.24, 2.45) is 5.10 Å². The van der Waals surface area contributed by atoms with E-state index in [9.17, 15) is 4.79 Å². The Morgan fingerprint density at radius 1 is 1.46 bits per heavy atom. The summed E-state index contributed by atoms with van der Waals surface area (Å²) in [5, 5.41) is 4.35. The van der Waals surface area contributed by atoms with E-state index in [1.54, 1.807) is 26.4 Å². The monoisotopic (exact) mass is 412 g/mol. The third-order valence-electron chi connectivity index (χ3n) is 3.14. The van der Waals surface area contributed by atoms with Gasteiger partial charge in [0.2, 0.25) is 0 Å². The Labute approximate surface area is 152 Å². The first-order valence-electron chi connectivity index (χ1n) is 7.00. The number of carbonyl (C=O) groups is 1. The second-order valence-corrected chi connectivity index (χ2v) is 6.41. The van der Waals surface area contributed by atoms with Gasteiger partial charge in [-0.25, -0.2) is 10.4 Å². The molecule has 7 nitrogen and oxygen atoms in total. The number of aromatic nitrogens is 1. The van der Waals surface area contributed by atoms with Crippen molar-refractivity contribution in [2.75, 3.05) is 20.0 Å². The van der Waals surface area contributed by atoms with E-state index >= 15 is 0 Å². The van der Waals surface area contributed by atoms with Gasteiger partial charge < -0.3 is 15.2 Å². The first-order valence-corrected chi connectivity index (χ1v) is 8.61. The molecule has 1 aromatic heterocycles. The molecule has 0 saturated heterocycles. The Morgan fingerprint density at radius 3 is 2.83 bits per heavy atom. The van der Waals surface area contributed by atoms with Crippen LogP contribution in [0.3, 0.4) is 0 Å². The first kappa shape index (κ1) is 18.2. The fourth-order valence-electron chi connectivity index (χ4n) is 2.00. The predicted octanol–water partition coefficient (Wildman–Crippen LogP) is 2.83. The highest BCUT2D eigenvalue weighted by Gasteiger charge is 2.15. The molecule has 0 spiro atoms. The molecule has 9 heteroatoms. The normalized spacial score (nSPS) is 10.8. The van der Waals surface area contributed by atoms with E-state index < -0.39 is 0 Å². The lowest BCUT2D eigenvalue weighted by molar-refractivity contribution is 0.0958. The number of hydrazone groups is 1. The molecule has 0 radical (unpaired) electrons. The molecule has 0 atom stereocenters. The van der Waals surface area contributed by atoms with Crippen LogP contribution in [0.4, 0.5) is 5.13 Å². The second kappa shape index (κ2) is 8.11. The van der Waals surface area contributed by atoms with Gasteiger partial charge in [0.15, 0.2) is 16.6 Å². The van der Waals surface area contributed by atoms with Crippen molar-refractivity contribution in [1.82, 2.24) is 10.4 Å². The summed E-state index contributed by atoms with van der Waals surface area (Å²) in [4.78, 5) is 16.8. The molecule has 3 N–H and O–H groups in total. The molecule has 1 heterocycles. The van der Waals surface area contributed by atoms with Gasteiger partial charge in [-0.15, -0.1) is 0 Å². The van der Waals surface area contributed by atoms with Gasteiger partial charge >= 0.3 is 0 Å². The Balaban J connectivity index is 2.15. The lowest BCUT2D eigenvalue weighted by Gasteiger charge is -2.10. The number of benzene rings is 1. The molecule has 0 bridgehead atoms. The predicted molar refractivity (Wildman–Crippen MR) is 98.2 cm³/mol. The summed E-state index contributed by atoms with van der Waals surface area (Å²) in [5.74, 6) is 0.809. The minimum Gasteiger partial charge on any atom is -0.493 e. The maximum absolute atomic E-state index is 12.2. The first-order chi connectivity index (χ1) is 11.5. The largest absolute Gasteiger partial charge is 0.493 e. The Bertz CT molecular complexity index is 776. The van der Waals surface area contributed by atoms with Crippen LogP contribution in [0.15, 0.2) is 21.7 Å². The van der Waals surface area contributed by atoms with Crippen molar-refractivity contribution in [3.05, 3.63) is 32.7 Å². The molecule has 2 aromatic rings. The number of nitrogens with one attached hydrogen (secondary N) is 1. The number of halogens is 1. The number of anilines is 1. The molecular weight excluding hydrogens is 396 g/mol. The van der Waals surface area contributed by atoms with Crippen molar-refractivity contribution in [3.8, 4) is 11.5 Å². The summed E-state index contributed by atoms with van der Waals surface area (Å²) in [7, 11) is 3.11. The molecule has 0 aliphatic heterocycles.